The molecule has 2 nitrogen and oxygen atoms in total. The maximum absolute atomic E-state index is 5.17. The van der Waals surface area contributed by atoms with E-state index >= 15 is 0 Å². The van der Waals surface area contributed by atoms with Crippen molar-refractivity contribution in [2.24, 2.45) is 5.92 Å². The Morgan fingerprint density at radius 3 is 2.59 bits per heavy atom. The Morgan fingerprint density at radius 2 is 2.00 bits per heavy atom. The second-order valence-corrected chi connectivity index (χ2v) is 4.89. The molecule has 1 aromatic carbocycles. The van der Waals surface area contributed by atoms with E-state index in [-0.39, 0.29) is 0 Å². The van der Waals surface area contributed by atoms with Crippen molar-refractivity contribution in [3.63, 3.8) is 0 Å². The van der Waals surface area contributed by atoms with Crippen LogP contribution in [0.4, 0.5) is 0 Å². The van der Waals surface area contributed by atoms with Crippen LogP contribution in [0.3, 0.4) is 0 Å². The van der Waals surface area contributed by atoms with Crippen LogP contribution in [0.2, 0.25) is 0 Å². The van der Waals surface area contributed by atoms with Crippen LogP contribution in [0.15, 0.2) is 18.2 Å². The minimum Gasteiger partial charge on any atom is -0.385 e. The lowest BCUT2D eigenvalue weighted by atomic mass is 9.89. The molecule has 0 radical (unpaired) electrons. The quantitative estimate of drug-likeness (QED) is 0.817. The van der Waals surface area contributed by atoms with Gasteiger partial charge >= 0.3 is 0 Å². The molecule has 0 amide bonds. The first-order valence-electron chi connectivity index (χ1n) is 6.33. The van der Waals surface area contributed by atoms with Gasteiger partial charge in [0.05, 0.1) is 0 Å². The van der Waals surface area contributed by atoms with Crippen molar-refractivity contribution >= 4 is 0 Å². The average molecular weight is 235 g/mol. The van der Waals surface area contributed by atoms with E-state index in [0.29, 0.717) is 12.0 Å². The fourth-order valence-electron chi connectivity index (χ4n) is 2.31. The van der Waals surface area contributed by atoms with Gasteiger partial charge in [-0.1, -0.05) is 30.7 Å². The molecule has 1 aromatic rings. The Bertz CT molecular complexity index is 349. The molecule has 0 spiro atoms. The Labute approximate surface area is 105 Å². The van der Waals surface area contributed by atoms with Crippen LogP contribution in [-0.4, -0.2) is 20.8 Å². The molecule has 2 unspecified atom stereocenters. The first-order valence-corrected chi connectivity index (χ1v) is 6.33. The summed E-state index contributed by atoms with van der Waals surface area (Å²) in [5.74, 6) is 0.570. The van der Waals surface area contributed by atoms with Gasteiger partial charge in [-0.2, -0.15) is 0 Å². The van der Waals surface area contributed by atoms with Gasteiger partial charge in [0.25, 0.3) is 0 Å². The molecule has 0 heterocycles. The standard InChI is InChI=1S/C15H25NO/c1-11-6-7-12(2)14(10-11)15(16-4)13(3)8-9-17-5/h6-7,10,13,15-16H,8-9H2,1-5H3. The minimum absolute atomic E-state index is 0.407. The van der Waals surface area contributed by atoms with Crippen LogP contribution in [0.1, 0.15) is 36.1 Å². The van der Waals surface area contributed by atoms with Crippen LogP contribution < -0.4 is 5.32 Å². The smallest absolute Gasteiger partial charge is 0.0465 e. The fraction of sp³-hybridized carbons (Fsp3) is 0.600. The van der Waals surface area contributed by atoms with Gasteiger partial charge in [-0.15, -0.1) is 0 Å². The number of ether oxygens (including phenoxy) is 1. The molecule has 17 heavy (non-hydrogen) atoms. The largest absolute Gasteiger partial charge is 0.385 e. The van der Waals surface area contributed by atoms with E-state index in [1.807, 2.05) is 7.05 Å². The van der Waals surface area contributed by atoms with E-state index in [4.69, 9.17) is 4.74 Å². The predicted molar refractivity (Wildman–Crippen MR) is 73.4 cm³/mol. The molecule has 0 saturated carbocycles. The topological polar surface area (TPSA) is 21.3 Å². The number of benzene rings is 1. The summed E-state index contributed by atoms with van der Waals surface area (Å²) in [4.78, 5) is 0. The molecule has 0 aliphatic rings. The molecule has 0 fully saturated rings. The maximum atomic E-state index is 5.17. The minimum atomic E-state index is 0.407. The number of rotatable bonds is 6. The van der Waals surface area contributed by atoms with Crippen LogP contribution in [0.5, 0.6) is 0 Å². The summed E-state index contributed by atoms with van der Waals surface area (Å²) in [7, 11) is 3.80. The van der Waals surface area contributed by atoms with E-state index in [1.54, 1.807) is 7.11 Å². The molecule has 2 atom stereocenters. The summed E-state index contributed by atoms with van der Waals surface area (Å²) < 4.78 is 5.17. The Hall–Kier alpha value is -0.860. The molecular weight excluding hydrogens is 210 g/mol. The molecule has 0 aliphatic carbocycles. The second-order valence-electron chi connectivity index (χ2n) is 4.89. The van der Waals surface area contributed by atoms with Gasteiger partial charge in [-0.3, -0.25) is 0 Å². The first kappa shape index (κ1) is 14.2. The highest BCUT2D eigenvalue weighted by atomic mass is 16.5. The van der Waals surface area contributed by atoms with Gasteiger partial charge in [-0.25, -0.2) is 0 Å². The normalized spacial score (nSPS) is 14.6. The zero-order valence-corrected chi connectivity index (χ0v) is 11.7. The predicted octanol–water partition coefficient (Wildman–Crippen LogP) is 3.24. The number of methoxy groups -OCH3 is 1. The van der Waals surface area contributed by atoms with E-state index in [9.17, 15) is 0 Å². The second kappa shape index (κ2) is 6.77. The third-order valence-corrected chi connectivity index (χ3v) is 3.43. The van der Waals surface area contributed by atoms with Crippen molar-refractivity contribution in [3.8, 4) is 0 Å². The molecule has 2 heteroatoms. The van der Waals surface area contributed by atoms with Crippen molar-refractivity contribution in [2.75, 3.05) is 20.8 Å². The Balaban J connectivity index is 2.88. The third kappa shape index (κ3) is 3.83. The van der Waals surface area contributed by atoms with Crippen LogP contribution in [-0.2, 0) is 4.74 Å². The highest BCUT2D eigenvalue weighted by molar-refractivity contribution is 5.33. The van der Waals surface area contributed by atoms with E-state index < -0.39 is 0 Å². The van der Waals surface area contributed by atoms with Gasteiger partial charge in [0.15, 0.2) is 0 Å². The molecular formula is C15H25NO. The summed E-state index contributed by atoms with van der Waals surface area (Å²) >= 11 is 0. The maximum Gasteiger partial charge on any atom is 0.0465 e. The summed E-state index contributed by atoms with van der Waals surface area (Å²) in [6.07, 6.45) is 1.08. The van der Waals surface area contributed by atoms with Crippen molar-refractivity contribution in [2.45, 2.75) is 33.2 Å². The number of hydrogen-bond donors (Lipinski definition) is 1. The Kier molecular flexibility index (Phi) is 5.66. The number of aryl methyl sites for hydroxylation is 2. The summed E-state index contributed by atoms with van der Waals surface area (Å²) in [5.41, 5.74) is 4.10. The highest BCUT2D eigenvalue weighted by Gasteiger charge is 2.18. The average Bonchev–Trinajstić information content (AvgIpc) is 2.32. The number of hydrogen-bond acceptors (Lipinski definition) is 2. The van der Waals surface area contributed by atoms with Crippen molar-refractivity contribution in [1.29, 1.82) is 0 Å². The van der Waals surface area contributed by atoms with Crippen molar-refractivity contribution in [1.82, 2.24) is 5.32 Å². The number of nitrogens with one attached hydrogen (secondary N) is 1. The van der Waals surface area contributed by atoms with Gasteiger partial charge in [0.2, 0.25) is 0 Å². The molecule has 0 aliphatic heterocycles. The molecule has 0 bridgehead atoms. The van der Waals surface area contributed by atoms with Gasteiger partial charge in [-0.05, 0) is 44.4 Å². The van der Waals surface area contributed by atoms with Gasteiger partial charge in [0, 0.05) is 19.8 Å². The highest BCUT2D eigenvalue weighted by Crippen LogP contribution is 2.27. The molecule has 1 N–H and O–H groups in total. The zero-order valence-electron chi connectivity index (χ0n) is 11.7. The van der Waals surface area contributed by atoms with Crippen LogP contribution in [0.25, 0.3) is 0 Å². The molecule has 96 valence electrons. The molecule has 1 rings (SSSR count). The van der Waals surface area contributed by atoms with Gasteiger partial charge < -0.3 is 10.1 Å². The lowest BCUT2D eigenvalue weighted by Crippen LogP contribution is -2.25. The molecule has 0 saturated heterocycles. The van der Waals surface area contributed by atoms with Crippen LogP contribution >= 0.6 is 0 Å². The lowest BCUT2D eigenvalue weighted by Gasteiger charge is -2.25. The van der Waals surface area contributed by atoms with Crippen LogP contribution in [0, 0.1) is 19.8 Å². The monoisotopic (exact) mass is 235 g/mol. The summed E-state index contributed by atoms with van der Waals surface area (Å²) in [6.45, 7) is 7.43. The third-order valence-electron chi connectivity index (χ3n) is 3.43. The zero-order chi connectivity index (χ0) is 12.8. The molecule has 0 aromatic heterocycles. The first-order chi connectivity index (χ1) is 8.10. The van der Waals surface area contributed by atoms with E-state index in [2.05, 4.69) is 44.3 Å². The fourth-order valence-corrected chi connectivity index (χ4v) is 2.31. The van der Waals surface area contributed by atoms with Gasteiger partial charge in [0.1, 0.15) is 0 Å². The summed E-state index contributed by atoms with van der Waals surface area (Å²) in [6, 6.07) is 7.08. The van der Waals surface area contributed by atoms with E-state index in [0.717, 1.165) is 13.0 Å². The van der Waals surface area contributed by atoms with Crippen molar-refractivity contribution < 1.29 is 4.74 Å². The lowest BCUT2D eigenvalue weighted by molar-refractivity contribution is 0.171. The summed E-state index contributed by atoms with van der Waals surface area (Å²) in [5, 5.41) is 3.44. The Morgan fingerprint density at radius 1 is 1.29 bits per heavy atom. The van der Waals surface area contributed by atoms with E-state index in [1.165, 1.54) is 16.7 Å². The SMILES string of the molecule is CNC(c1cc(C)ccc1C)C(C)CCOC. The van der Waals surface area contributed by atoms with Crippen molar-refractivity contribution in [3.05, 3.63) is 34.9 Å².